The van der Waals surface area contributed by atoms with E-state index in [2.05, 4.69) is 27.2 Å². The van der Waals surface area contributed by atoms with Crippen LogP contribution in [0.5, 0.6) is 0 Å². The van der Waals surface area contributed by atoms with E-state index in [1.54, 1.807) is 0 Å². The fourth-order valence-electron chi connectivity index (χ4n) is 4.24. The van der Waals surface area contributed by atoms with Crippen molar-refractivity contribution in [1.29, 1.82) is 0 Å². The van der Waals surface area contributed by atoms with E-state index in [-0.39, 0.29) is 17.6 Å². The molecule has 148 valence electrons. The summed E-state index contributed by atoms with van der Waals surface area (Å²) in [6.07, 6.45) is 4.44. The molecule has 0 aliphatic carbocycles. The molecule has 2 aromatic rings. The van der Waals surface area contributed by atoms with Gasteiger partial charge in [0.05, 0.1) is 5.92 Å². The quantitative estimate of drug-likeness (QED) is 0.840. The van der Waals surface area contributed by atoms with Crippen LogP contribution in [-0.4, -0.2) is 37.0 Å². The maximum atomic E-state index is 13.1. The van der Waals surface area contributed by atoms with Gasteiger partial charge in [0.2, 0.25) is 5.91 Å². The smallest absolute Gasteiger partial charge is 0.228 e. The molecule has 1 unspecified atom stereocenters. The number of likely N-dealkylation sites (tertiary alicyclic amines) is 1. The maximum absolute atomic E-state index is 13.1. The van der Waals surface area contributed by atoms with Crippen molar-refractivity contribution in [3.63, 3.8) is 0 Å². The Hall–Kier alpha value is -2.40. The van der Waals surface area contributed by atoms with E-state index in [1.807, 2.05) is 24.3 Å². The zero-order chi connectivity index (χ0) is 19.3. The number of carbonyl (C=O) groups is 1. The third kappa shape index (κ3) is 4.71. The van der Waals surface area contributed by atoms with Crippen LogP contribution in [0.2, 0.25) is 0 Å². The molecule has 1 atom stereocenters. The average molecular weight is 381 g/mol. The van der Waals surface area contributed by atoms with E-state index in [0.29, 0.717) is 0 Å². The Labute approximate surface area is 166 Å². The molecule has 2 heterocycles. The average Bonchev–Trinajstić information content (AvgIpc) is 3.25. The molecule has 2 aliphatic rings. The van der Waals surface area contributed by atoms with E-state index in [9.17, 15) is 9.18 Å². The Morgan fingerprint density at radius 1 is 0.964 bits per heavy atom. The molecule has 0 aromatic heterocycles. The largest absolute Gasteiger partial charge is 0.372 e. The molecule has 28 heavy (non-hydrogen) atoms. The van der Waals surface area contributed by atoms with Crippen LogP contribution >= 0.6 is 0 Å². The lowest BCUT2D eigenvalue weighted by Gasteiger charge is -2.32. The third-order valence-electron chi connectivity index (χ3n) is 5.80. The van der Waals surface area contributed by atoms with Crippen LogP contribution in [0.15, 0.2) is 48.5 Å². The topological polar surface area (TPSA) is 35.6 Å². The summed E-state index contributed by atoms with van der Waals surface area (Å²) in [7, 11) is 0. The lowest BCUT2D eigenvalue weighted by molar-refractivity contribution is -0.121. The van der Waals surface area contributed by atoms with Gasteiger partial charge in [-0.15, -0.1) is 0 Å². The molecule has 0 spiro atoms. The molecule has 2 aromatic carbocycles. The molecular formula is C23H28FN3O. The van der Waals surface area contributed by atoms with E-state index >= 15 is 0 Å². The highest BCUT2D eigenvalue weighted by molar-refractivity contribution is 5.92. The normalized spacial score (nSPS) is 20.3. The van der Waals surface area contributed by atoms with Crippen LogP contribution in [0.1, 0.15) is 31.2 Å². The Morgan fingerprint density at radius 2 is 1.68 bits per heavy atom. The predicted octanol–water partition coefficient (Wildman–Crippen LogP) is 4.28. The van der Waals surface area contributed by atoms with Gasteiger partial charge in [-0.1, -0.05) is 12.1 Å². The Morgan fingerprint density at radius 3 is 2.39 bits per heavy atom. The van der Waals surface area contributed by atoms with E-state index < -0.39 is 0 Å². The Bertz CT molecular complexity index is 784. The van der Waals surface area contributed by atoms with Crippen LogP contribution in [0.3, 0.4) is 0 Å². The summed E-state index contributed by atoms with van der Waals surface area (Å²) in [5.74, 6) is -0.124. The van der Waals surface area contributed by atoms with Gasteiger partial charge < -0.3 is 10.2 Å². The first-order valence-electron chi connectivity index (χ1n) is 10.3. The standard InChI is InChI=1S/C23H28FN3O/c24-20-7-5-18(6-8-20)16-26-13-3-4-19(17-26)23(28)25-21-9-11-22(12-10-21)27-14-1-2-15-27/h5-12,19H,1-4,13-17H2,(H,25,28). The molecule has 2 saturated heterocycles. The lowest BCUT2D eigenvalue weighted by Crippen LogP contribution is -2.40. The van der Waals surface area contributed by atoms with Gasteiger partial charge in [0.15, 0.2) is 0 Å². The Kier molecular flexibility index (Phi) is 5.91. The summed E-state index contributed by atoms with van der Waals surface area (Å²) < 4.78 is 13.1. The highest BCUT2D eigenvalue weighted by atomic mass is 19.1. The van der Waals surface area contributed by atoms with Crippen LogP contribution in [-0.2, 0) is 11.3 Å². The summed E-state index contributed by atoms with van der Waals surface area (Å²) in [5, 5.41) is 3.09. The van der Waals surface area contributed by atoms with Gasteiger partial charge in [-0.2, -0.15) is 0 Å². The molecule has 4 nitrogen and oxygen atoms in total. The van der Waals surface area contributed by atoms with Gasteiger partial charge in [-0.3, -0.25) is 9.69 Å². The van der Waals surface area contributed by atoms with Crippen molar-refractivity contribution in [2.24, 2.45) is 5.92 Å². The number of rotatable bonds is 5. The minimum atomic E-state index is -0.213. The molecule has 0 radical (unpaired) electrons. The second-order valence-corrected chi connectivity index (χ2v) is 7.93. The fraction of sp³-hybridized carbons (Fsp3) is 0.435. The van der Waals surface area contributed by atoms with Crippen molar-refractivity contribution in [3.8, 4) is 0 Å². The number of hydrogen-bond donors (Lipinski definition) is 1. The molecule has 0 bridgehead atoms. The Balaban J connectivity index is 1.31. The van der Waals surface area contributed by atoms with Gasteiger partial charge in [0.1, 0.15) is 5.82 Å². The molecular weight excluding hydrogens is 353 g/mol. The number of hydrogen-bond acceptors (Lipinski definition) is 3. The molecule has 1 N–H and O–H groups in total. The molecule has 5 heteroatoms. The second kappa shape index (κ2) is 8.74. The van der Waals surface area contributed by atoms with Crippen molar-refractivity contribution >= 4 is 17.3 Å². The van der Waals surface area contributed by atoms with Crippen molar-refractivity contribution in [3.05, 3.63) is 59.9 Å². The van der Waals surface area contributed by atoms with Crippen molar-refractivity contribution in [2.45, 2.75) is 32.2 Å². The zero-order valence-electron chi connectivity index (χ0n) is 16.2. The predicted molar refractivity (Wildman–Crippen MR) is 111 cm³/mol. The van der Waals surface area contributed by atoms with Crippen molar-refractivity contribution in [1.82, 2.24) is 4.90 Å². The number of piperidine rings is 1. The number of anilines is 2. The fourth-order valence-corrected chi connectivity index (χ4v) is 4.24. The second-order valence-electron chi connectivity index (χ2n) is 7.93. The van der Waals surface area contributed by atoms with Gasteiger partial charge in [-0.25, -0.2) is 4.39 Å². The highest BCUT2D eigenvalue weighted by Gasteiger charge is 2.26. The van der Waals surface area contributed by atoms with Crippen molar-refractivity contribution in [2.75, 3.05) is 36.4 Å². The summed E-state index contributed by atoms with van der Waals surface area (Å²) in [5.41, 5.74) is 3.18. The lowest BCUT2D eigenvalue weighted by atomic mass is 9.96. The number of amides is 1. The van der Waals surface area contributed by atoms with Gasteiger partial charge in [-0.05, 0) is 74.2 Å². The van der Waals surface area contributed by atoms with Crippen LogP contribution in [0.4, 0.5) is 15.8 Å². The van der Waals surface area contributed by atoms with Crippen molar-refractivity contribution < 1.29 is 9.18 Å². The first kappa shape index (κ1) is 18.9. The molecule has 1 amide bonds. The van der Waals surface area contributed by atoms with Gasteiger partial charge >= 0.3 is 0 Å². The van der Waals surface area contributed by atoms with E-state index in [0.717, 1.165) is 56.8 Å². The zero-order valence-corrected chi connectivity index (χ0v) is 16.2. The van der Waals surface area contributed by atoms with E-state index in [4.69, 9.17) is 0 Å². The summed E-state index contributed by atoms with van der Waals surface area (Å²) in [4.78, 5) is 17.4. The van der Waals surface area contributed by atoms with E-state index in [1.165, 1.54) is 30.7 Å². The van der Waals surface area contributed by atoms with Crippen LogP contribution < -0.4 is 10.2 Å². The molecule has 2 aliphatic heterocycles. The van der Waals surface area contributed by atoms with Crippen LogP contribution in [0, 0.1) is 11.7 Å². The summed E-state index contributed by atoms with van der Waals surface area (Å²) >= 11 is 0. The summed E-state index contributed by atoms with van der Waals surface area (Å²) in [6.45, 7) is 4.73. The van der Waals surface area contributed by atoms with Gasteiger partial charge in [0, 0.05) is 37.6 Å². The number of nitrogens with one attached hydrogen (secondary N) is 1. The SMILES string of the molecule is O=C(Nc1ccc(N2CCCC2)cc1)C1CCCN(Cc2ccc(F)cc2)C1. The minimum Gasteiger partial charge on any atom is -0.372 e. The molecule has 2 fully saturated rings. The molecule has 4 rings (SSSR count). The highest BCUT2D eigenvalue weighted by Crippen LogP contribution is 2.24. The maximum Gasteiger partial charge on any atom is 0.228 e. The number of nitrogens with zero attached hydrogens (tertiary/aromatic N) is 2. The first-order valence-corrected chi connectivity index (χ1v) is 10.3. The summed E-state index contributed by atoms with van der Waals surface area (Å²) in [6, 6.07) is 14.8. The molecule has 0 saturated carbocycles. The third-order valence-corrected chi connectivity index (χ3v) is 5.80. The minimum absolute atomic E-state index is 0.00698. The van der Waals surface area contributed by atoms with Crippen LogP contribution in [0.25, 0.3) is 0 Å². The first-order chi connectivity index (χ1) is 13.7. The number of halogens is 1. The monoisotopic (exact) mass is 381 g/mol. The number of carbonyl (C=O) groups excluding carboxylic acids is 1. The number of benzene rings is 2. The van der Waals surface area contributed by atoms with Gasteiger partial charge in [0.25, 0.3) is 0 Å².